The highest BCUT2D eigenvalue weighted by molar-refractivity contribution is 5.88. The van der Waals surface area contributed by atoms with Gasteiger partial charge in [-0.25, -0.2) is 9.18 Å². The van der Waals surface area contributed by atoms with Crippen molar-refractivity contribution in [2.24, 2.45) is 0 Å². The summed E-state index contributed by atoms with van der Waals surface area (Å²) in [5.41, 5.74) is 0.407. The van der Waals surface area contributed by atoms with Gasteiger partial charge in [-0.3, -0.25) is 0 Å². The Hall–Kier alpha value is -2.43. The number of aromatic carboxylic acids is 1. The number of benzene rings is 2. The summed E-state index contributed by atoms with van der Waals surface area (Å²) in [6.45, 7) is 0.0280. The van der Waals surface area contributed by atoms with Gasteiger partial charge in [0.1, 0.15) is 6.61 Å². The smallest absolute Gasteiger partial charge is 0.335 e. The van der Waals surface area contributed by atoms with Crippen molar-refractivity contribution in [3.63, 3.8) is 0 Å². The first-order valence-corrected chi connectivity index (χ1v) is 5.47. The van der Waals surface area contributed by atoms with Crippen LogP contribution in [0.3, 0.4) is 0 Å². The monoisotopic (exact) mass is 264 g/mol. The molecule has 0 unspecified atom stereocenters. The Labute approximate surface area is 108 Å². The molecule has 0 atom stereocenters. The van der Waals surface area contributed by atoms with Crippen molar-refractivity contribution < 1.29 is 23.4 Å². The number of halogens is 2. The van der Waals surface area contributed by atoms with Crippen LogP contribution in [0.25, 0.3) is 0 Å². The van der Waals surface area contributed by atoms with Gasteiger partial charge >= 0.3 is 5.97 Å². The molecule has 0 spiro atoms. The summed E-state index contributed by atoms with van der Waals surface area (Å²) in [4.78, 5) is 10.7. The summed E-state index contributed by atoms with van der Waals surface area (Å²) in [6, 6.07) is 10.5. The van der Waals surface area contributed by atoms with E-state index in [4.69, 9.17) is 9.84 Å². The van der Waals surface area contributed by atoms with Gasteiger partial charge in [0.25, 0.3) is 0 Å². The van der Waals surface area contributed by atoms with E-state index in [1.807, 2.05) is 6.07 Å². The van der Waals surface area contributed by atoms with Gasteiger partial charge in [-0.15, -0.1) is 0 Å². The Morgan fingerprint density at radius 1 is 1.16 bits per heavy atom. The van der Waals surface area contributed by atoms with Gasteiger partial charge < -0.3 is 9.84 Å². The Kier molecular flexibility index (Phi) is 3.75. The Morgan fingerprint density at radius 3 is 2.47 bits per heavy atom. The Balaban J connectivity index is 2.22. The quantitative estimate of drug-likeness (QED) is 0.922. The highest BCUT2D eigenvalue weighted by atomic mass is 19.2. The van der Waals surface area contributed by atoms with E-state index >= 15 is 0 Å². The second-order valence-electron chi connectivity index (χ2n) is 3.85. The molecule has 0 aliphatic rings. The minimum atomic E-state index is -1.34. The number of rotatable bonds is 4. The van der Waals surface area contributed by atoms with Crippen molar-refractivity contribution in [1.29, 1.82) is 0 Å². The Bertz CT molecular complexity index is 597. The fourth-order valence-corrected chi connectivity index (χ4v) is 1.53. The maximum Gasteiger partial charge on any atom is 0.335 e. The topological polar surface area (TPSA) is 46.5 Å². The van der Waals surface area contributed by atoms with E-state index in [0.29, 0.717) is 6.07 Å². The standard InChI is InChI=1S/C14H10F2O3/c15-11-6-10(14(17)18)7-12(13(11)16)19-8-9-4-2-1-3-5-9/h1-7H,8H2,(H,17,18). The zero-order chi connectivity index (χ0) is 13.8. The lowest BCUT2D eigenvalue weighted by atomic mass is 10.2. The van der Waals surface area contributed by atoms with Crippen LogP contribution in [0.15, 0.2) is 42.5 Å². The van der Waals surface area contributed by atoms with E-state index in [1.54, 1.807) is 24.3 Å². The molecule has 0 saturated carbocycles. The number of carbonyl (C=O) groups is 1. The van der Waals surface area contributed by atoms with Crippen LogP contribution in [-0.2, 0) is 6.61 Å². The van der Waals surface area contributed by atoms with Gasteiger partial charge in [0.2, 0.25) is 5.82 Å². The van der Waals surface area contributed by atoms with Gasteiger partial charge in [0, 0.05) is 0 Å². The summed E-state index contributed by atoms with van der Waals surface area (Å²) < 4.78 is 31.8. The molecule has 0 aliphatic carbocycles. The van der Waals surface area contributed by atoms with E-state index < -0.39 is 23.4 Å². The lowest BCUT2D eigenvalue weighted by Gasteiger charge is -2.08. The zero-order valence-electron chi connectivity index (χ0n) is 9.77. The molecule has 2 aromatic rings. The van der Waals surface area contributed by atoms with E-state index in [1.165, 1.54) is 0 Å². The SMILES string of the molecule is O=C(O)c1cc(F)c(F)c(OCc2ccccc2)c1. The van der Waals surface area contributed by atoms with Crippen LogP contribution in [0, 0.1) is 11.6 Å². The van der Waals surface area contributed by atoms with E-state index in [9.17, 15) is 13.6 Å². The van der Waals surface area contributed by atoms with Crippen LogP contribution in [0.5, 0.6) is 5.75 Å². The molecule has 0 fully saturated rings. The number of hydrogen-bond donors (Lipinski definition) is 1. The molecule has 0 amide bonds. The first-order chi connectivity index (χ1) is 9.08. The Morgan fingerprint density at radius 2 is 1.84 bits per heavy atom. The average Bonchev–Trinajstić information content (AvgIpc) is 2.41. The third-order valence-electron chi connectivity index (χ3n) is 2.48. The van der Waals surface area contributed by atoms with Crippen molar-refractivity contribution in [3.05, 3.63) is 65.2 Å². The van der Waals surface area contributed by atoms with Crippen molar-refractivity contribution in [2.45, 2.75) is 6.61 Å². The third-order valence-corrected chi connectivity index (χ3v) is 2.48. The minimum Gasteiger partial charge on any atom is -0.486 e. The average molecular weight is 264 g/mol. The van der Waals surface area contributed by atoms with Crippen molar-refractivity contribution in [2.75, 3.05) is 0 Å². The van der Waals surface area contributed by atoms with Crippen molar-refractivity contribution >= 4 is 5.97 Å². The predicted molar refractivity (Wildman–Crippen MR) is 64.1 cm³/mol. The van der Waals surface area contributed by atoms with E-state index in [0.717, 1.165) is 11.6 Å². The molecule has 2 rings (SSSR count). The van der Waals surface area contributed by atoms with Gasteiger partial charge in [0.15, 0.2) is 11.6 Å². The molecule has 3 nitrogen and oxygen atoms in total. The highest BCUT2D eigenvalue weighted by Gasteiger charge is 2.15. The fourth-order valence-electron chi connectivity index (χ4n) is 1.53. The molecule has 2 aromatic carbocycles. The second kappa shape index (κ2) is 5.48. The van der Waals surface area contributed by atoms with Gasteiger partial charge in [-0.2, -0.15) is 4.39 Å². The minimum absolute atomic E-state index is 0.0280. The summed E-state index contributed by atoms with van der Waals surface area (Å²) in [6.07, 6.45) is 0. The number of ether oxygens (including phenoxy) is 1. The number of hydrogen-bond acceptors (Lipinski definition) is 2. The largest absolute Gasteiger partial charge is 0.486 e. The fraction of sp³-hybridized carbons (Fsp3) is 0.0714. The molecule has 1 N–H and O–H groups in total. The van der Waals surface area contributed by atoms with Crippen LogP contribution in [0.1, 0.15) is 15.9 Å². The molecule has 0 aliphatic heterocycles. The van der Waals surface area contributed by atoms with Crippen LogP contribution < -0.4 is 4.74 Å². The predicted octanol–water partition coefficient (Wildman–Crippen LogP) is 3.24. The molecule has 19 heavy (non-hydrogen) atoms. The number of carboxylic acids is 1. The zero-order valence-corrected chi connectivity index (χ0v) is 9.77. The van der Waals surface area contributed by atoms with Gasteiger partial charge in [-0.05, 0) is 17.7 Å². The summed E-state index contributed by atoms with van der Waals surface area (Å²) in [5.74, 6) is -4.20. The first kappa shape index (κ1) is 13.0. The van der Waals surface area contributed by atoms with Crippen LogP contribution in [-0.4, -0.2) is 11.1 Å². The van der Waals surface area contributed by atoms with Crippen molar-refractivity contribution in [3.8, 4) is 5.75 Å². The lowest BCUT2D eigenvalue weighted by molar-refractivity contribution is 0.0695. The van der Waals surface area contributed by atoms with Crippen LogP contribution >= 0.6 is 0 Å². The maximum absolute atomic E-state index is 13.5. The molecular weight excluding hydrogens is 254 g/mol. The number of carboxylic acid groups (broad SMARTS) is 1. The third kappa shape index (κ3) is 3.07. The van der Waals surface area contributed by atoms with Gasteiger partial charge in [0.05, 0.1) is 5.56 Å². The highest BCUT2D eigenvalue weighted by Crippen LogP contribution is 2.23. The van der Waals surface area contributed by atoms with Gasteiger partial charge in [-0.1, -0.05) is 30.3 Å². The summed E-state index contributed by atoms with van der Waals surface area (Å²) in [5, 5.41) is 8.77. The molecule has 0 radical (unpaired) electrons. The lowest BCUT2D eigenvalue weighted by Crippen LogP contribution is -2.03. The normalized spacial score (nSPS) is 10.2. The molecule has 0 bridgehead atoms. The molecule has 0 aromatic heterocycles. The molecule has 0 heterocycles. The first-order valence-electron chi connectivity index (χ1n) is 5.47. The molecule has 5 heteroatoms. The summed E-state index contributed by atoms with van der Waals surface area (Å²) in [7, 11) is 0. The molecule has 0 saturated heterocycles. The van der Waals surface area contributed by atoms with E-state index in [2.05, 4.69) is 0 Å². The summed E-state index contributed by atoms with van der Waals surface area (Å²) >= 11 is 0. The van der Waals surface area contributed by atoms with Crippen LogP contribution in [0.4, 0.5) is 8.78 Å². The van der Waals surface area contributed by atoms with Crippen molar-refractivity contribution in [1.82, 2.24) is 0 Å². The van der Waals surface area contributed by atoms with Crippen LogP contribution in [0.2, 0.25) is 0 Å². The molecular formula is C14H10F2O3. The van der Waals surface area contributed by atoms with E-state index in [-0.39, 0.29) is 12.2 Å². The second-order valence-corrected chi connectivity index (χ2v) is 3.85. The molecule has 98 valence electrons. The maximum atomic E-state index is 13.5.